The highest BCUT2D eigenvalue weighted by Gasteiger charge is 2.76. The van der Waals surface area contributed by atoms with E-state index in [2.05, 4.69) is 28.1 Å². The molecular formula is C24H12BrN3O2. The Morgan fingerprint density at radius 1 is 0.833 bits per heavy atom. The average Bonchev–Trinajstić information content (AvgIpc) is 3.27. The number of benzene rings is 3. The summed E-state index contributed by atoms with van der Waals surface area (Å²) in [5.74, 6) is -1.03. The van der Waals surface area contributed by atoms with Gasteiger partial charge in [0.1, 0.15) is 23.5 Å². The van der Waals surface area contributed by atoms with Crippen molar-refractivity contribution in [2.45, 2.75) is 11.2 Å². The van der Waals surface area contributed by atoms with E-state index in [1.165, 1.54) is 0 Å². The van der Waals surface area contributed by atoms with E-state index in [1.54, 1.807) is 0 Å². The molecule has 3 aromatic rings. The summed E-state index contributed by atoms with van der Waals surface area (Å²) in [5.41, 5.74) is 7.77. The molecule has 142 valence electrons. The quantitative estimate of drug-likeness (QED) is 0.576. The second-order valence-corrected chi connectivity index (χ2v) is 8.37. The number of nitrogens with zero attached hydrogens (tertiary/aromatic N) is 2. The third-order valence-electron chi connectivity index (χ3n) is 6.21. The summed E-state index contributed by atoms with van der Waals surface area (Å²) in [6, 6.07) is 23.7. The van der Waals surface area contributed by atoms with Crippen LogP contribution in [0.15, 0.2) is 82.2 Å². The van der Waals surface area contributed by atoms with E-state index in [1.807, 2.05) is 60.7 Å². The first-order valence-corrected chi connectivity index (χ1v) is 10.1. The molecule has 3 aromatic carbocycles. The summed E-state index contributed by atoms with van der Waals surface area (Å²) in [4.78, 5) is 0. The fourth-order valence-corrected chi connectivity index (χ4v) is 5.41. The molecule has 2 heterocycles. The zero-order valence-electron chi connectivity index (χ0n) is 15.4. The smallest absolute Gasteiger partial charge is 0.299 e. The lowest BCUT2D eigenvalue weighted by atomic mass is 9.68. The minimum absolute atomic E-state index is 0.00777. The molecule has 0 bridgehead atoms. The molecule has 30 heavy (non-hydrogen) atoms. The van der Waals surface area contributed by atoms with E-state index >= 15 is 0 Å². The summed E-state index contributed by atoms with van der Waals surface area (Å²) in [6.07, 6.45) is 0. The van der Waals surface area contributed by atoms with Crippen molar-refractivity contribution in [2.75, 3.05) is 0 Å². The number of nitriles is 2. The Bertz CT molecular complexity index is 1440. The van der Waals surface area contributed by atoms with Crippen molar-refractivity contribution < 1.29 is 9.47 Å². The van der Waals surface area contributed by atoms with Crippen molar-refractivity contribution in [3.8, 4) is 12.1 Å². The molecule has 0 unspecified atom stereocenters. The molecule has 0 spiro atoms. The Balaban J connectivity index is 1.79. The lowest BCUT2D eigenvalue weighted by Gasteiger charge is -2.33. The van der Waals surface area contributed by atoms with E-state index < -0.39 is 11.2 Å². The zero-order valence-corrected chi connectivity index (χ0v) is 17.0. The Hall–Kier alpha value is -3.74. The molecule has 0 amide bonds. The van der Waals surface area contributed by atoms with E-state index in [0.29, 0.717) is 11.3 Å². The maximum absolute atomic E-state index is 10.3. The van der Waals surface area contributed by atoms with E-state index in [4.69, 9.17) is 15.2 Å². The van der Waals surface area contributed by atoms with Crippen LogP contribution in [0.5, 0.6) is 0 Å². The van der Waals surface area contributed by atoms with Gasteiger partial charge in [-0.15, -0.1) is 0 Å². The van der Waals surface area contributed by atoms with Crippen LogP contribution in [0.3, 0.4) is 0 Å². The number of hydrogen-bond acceptors (Lipinski definition) is 5. The van der Waals surface area contributed by atoms with Gasteiger partial charge in [-0.3, -0.25) is 0 Å². The Morgan fingerprint density at radius 2 is 1.50 bits per heavy atom. The van der Waals surface area contributed by atoms with Gasteiger partial charge in [0.2, 0.25) is 5.88 Å². The number of ether oxygens (including phenoxy) is 2. The predicted octanol–water partition coefficient (Wildman–Crippen LogP) is 4.70. The summed E-state index contributed by atoms with van der Waals surface area (Å²) >= 11 is 3.44. The summed E-state index contributed by atoms with van der Waals surface area (Å²) in [5, 5.41) is 22.4. The Morgan fingerprint density at radius 3 is 2.17 bits per heavy atom. The van der Waals surface area contributed by atoms with Crippen LogP contribution in [0.4, 0.5) is 0 Å². The topological polar surface area (TPSA) is 92.1 Å². The van der Waals surface area contributed by atoms with Crippen LogP contribution in [0.2, 0.25) is 0 Å². The van der Waals surface area contributed by atoms with Crippen LogP contribution in [0.25, 0.3) is 16.5 Å². The molecule has 6 heteroatoms. The monoisotopic (exact) mass is 453 g/mol. The van der Waals surface area contributed by atoms with Gasteiger partial charge in [-0.2, -0.15) is 10.5 Å². The first-order chi connectivity index (χ1) is 14.6. The third kappa shape index (κ3) is 1.65. The third-order valence-corrected chi connectivity index (χ3v) is 6.74. The molecule has 2 N–H and O–H groups in total. The van der Waals surface area contributed by atoms with Gasteiger partial charge in [-0.05, 0) is 28.5 Å². The maximum Gasteiger partial charge on any atom is 0.299 e. The van der Waals surface area contributed by atoms with Crippen LogP contribution >= 0.6 is 15.9 Å². The van der Waals surface area contributed by atoms with Crippen LogP contribution in [-0.4, -0.2) is 0 Å². The van der Waals surface area contributed by atoms with Gasteiger partial charge in [-0.25, -0.2) is 0 Å². The SMILES string of the molecule is N#CC1=C(N)O[C@@]23OC(c4ccc(Br)cc4)=C(C#N)[C@@]12c1cccc2cccc3c12. The van der Waals surface area contributed by atoms with Crippen LogP contribution in [-0.2, 0) is 20.7 Å². The van der Waals surface area contributed by atoms with E-state index in [0.717, 1.165) is 31.9 Å². The first-order valence-electron chi connectivity index (χ1n) is 9.30. The summed E-state index contributed by atoms with van der Waals surface area (Å²) in [7, 11) is 0. The number of rotatable bonds is 1. The van der Waals surface area contributed by atoms with Crippen molar-refractivity contribution in [1.82, 2.24) is 0 Å². The highest BCUT2D eigenvalue weighted by atomic mass is 79.9. The highest BCUT2D eigenvalue weighted by molar-refractivity contribution is 9.10. The van der Waals surface area contributed by atoms with Crippen LogP contribution in [0, 0.1) is 22.7 Å². The molecule has 5 nitrogen and oxygen atoms in total. The molecule has 2 aliphatic heterocycles. The Kier molecular flexibility index (Phi) is 3.11. The number of halogens is 1. The molecule has 0 aromatic heterocycles. The largest absolute Gasteiger partial charge is 0.445 e. The van der Waals surface area contributed by atoms with Gasteiger partial charge in [0, 0.05) is 15.6 Å². The van der Waals surface area contributed by atoms with Crippen molar-refractivity contribution in [3.63, 3.8) is 0 Å². The second-order valence-electron chi connectivity index (χ2n) is 7.45. The highest BCUT2D eigenvalue weighted by Crippen LogP contribution is 2.71. The van der Waals surface area contributed by atoms with Crippen LogP contribution < -0.4 is 5.73 Å². The normalized spacial score (nSPS) is 25.4. The Labute approximate surface area is 180 Å². The standard InChI is InChI=1S/C24H12BrN3O2/c25-15-9-7-14(8-10-15)21-18(11-26)23-16-5-1-3-13-4-2-6-17(20(13)16)24(23,29-21)30-22(28)19(23)12-27/h1-10H,28H2/t23-,24+/m0/s1. The minimum atomic E-state index is -1.42. The van der Waals surface area contributed by atoms with Crippen LogP contribution in [0.1, 0.15) is 16.7 Å². The molecule has 6 rings (SSSR count). The number of nitrogens with two attached hydrogens (primary N) is 1. The molecule has 0 radical (unpaired) electrons. The van der Waals surface area contributed by atoms with Gasteiger partial charge in [-0.1, -0.05) is 64.5 Å². The fraction of sp³-hybridized carbons (Fsp3) is 0.0833. The van der Waals surface area contributed by atoms with Crippen molar-refractivity contribution in [3.05, 3.63) is 98.9 Å². The molecule has 1 aliphatic carbocycles. The summed E-state index contributed by atoms with van der Waals surface area (Å²) < 4.78 is 13.6. The van der Waals surface area contributed by atoms with Gasteiger partial charge in [0.15, 0.2) is 5.41 Å². The molecule has 0 fully saturated rings. The predicted molar refractivity (Wildman–Crippen MR) is 113 cm³/mol. The maximum atomic E-state index is 10.3. The lowest BCUT2D eigenvalue weighted by molar-refractivity contribution is -0.176. The molecule has 0 saturated heterocycles. The van der Waals surface area contributed by atoms with Gasteiger partial charge in [0.05, 0.1) is 5.57 Å². The van der Waals surface area contributed by atoms with E-state index in [9.17, 15) is 10.5 Å². The zero-order chi connectivity index (χ0) is 20.7. The number of hydrogen-bond donors (Lipinski definition) is 1. The van der Waals surface area contributed by atoms with Gasteiger partial charge in [0.25, 0.3) is 5.79 Å². The lowest BCUT2D eigenvalue weighted by Crippen LogP contribution is -2.43. The molecular weight excluding hydrogens is 442 g/mol. The van der Waals surface area contributed by atoms with E-state index in [-0.39, 0.29) is 11.5 Å². The van der Waals surface area contributed by atoms with Gasteiger partial charge >= 0.3 is 0 Å². The van der Waals surface area contributed by atoms with Crippen molar-refractivity contribution in [1.29, 1.82) is 10.5 Å². The molecule has 0 saturated carbocycles. The minimum Gasteiger partial charge on any atom is -0.445 e. The fourth-order valence-electron chi connectivity index (χ4n) is 5.15. The average molecular weight is 454 g/mol. The second kappa shape index (κ2) is 5.44. The van der Waals surface area contributed by atoms with Crippen molar-refractivity contribution >= 4 is 32.5 Å². The van der Waals surface area contributed by atoms with Crippen molar-refractivity contribution in [2.24, 2.45) is 5.73 Å². The molecule has 3 aliphatic rings. The van der Waals surface area contributed by atoms with Gasteiger partial charge < -0.3 is 15.2 Å². The summed E-state index contributed by atoms with van der Waals surface area (Å²) in [6.45, 7) is 0. The molecule has 2 atom stereocenters. The first kappa shape index (κ1) is 17.1.